The van der Waals surface area contributed by atoms with Crippen LogP contribution < -0.4 is 5.32 Å². The maximum Gasteiger partial charge on any atom is 0.322 e. The summed E-state index contributed by atoms with van der Waals surface area (Å²) in [6, 6.07) is 3.03. The highest BCUT2D eigenvalue weighted by molar-refractivity contribution is 7.99. The second kappa shape index (κ2) is 7.33. The van der Waals surface area contributed by atoms with Crippen molar-refractivity contribution in [3.63, 3.8) is 0 Å². The summed E-state index contributed by atoms with van der Waals surface area (Å²) in [4.78, 5) is 11.7. The lowest BCUT2D eigenvalue weighted by molar-refractivity contribution is -0.143. The van der Waals surface area contributed by atoms with Crippen molar-refractivity contribution in [3.8, 4) is 0 Å². The van der Waals surface area contributed by atoms with Gasteiger partial charge < -0.3 is 10.1 Å². The molecule has 6 heteroatoms. The van der Waals surface area contributed by atoms with Crippen molar-refractivity contribution in [1.82, 2.24) is 5.32 Å². The molecule has 100 valence electrons. The summed E-state index contributed by atoms with van der Waals surface area (Å²) < 4.78 is 30.6. The van der Waals surface area contributed by atoms with E-state index in [0.717, 1.165) is 6.07 Å². The number of carbonyl (C=O) groups is 1. The number of thioether (sulfide) groups is 1. The lowest BCUT2D eigenvalue weighted by atomic mass is 10.2. The van der Waals surface area contributed by atoms with Gasteiger partial charge in [-0.05, 0) is 25.6 Å². The second-order valence-corrected chi connectivity index (χ2v) is 4.71. The zero-order chi connectivity index (χ0) is 13.5. The van der Waals surface area contributed by atoms with Gasteiger partial charge in [-0.2, -0.15) is 0 Å². The molecule has 0 fully saturated rings. The molecule has 1 unspecified atom stereocenters. The maximum atomic E-state index is 13.3. The Bertz CT molecular complexity index is 415. The number of rotatable bonds is 6. The van der Waals surface area contributed by atoms with Crippen molar-refractivity contribution in [2.75, 3.05) is 19.9 Å². The molecular formula is C12H15F2NO2S. The monoisotopic (exact) mass is 275 g/mol. The zero-order valence-corrected chi connectivity index (χ0v) is 11.0. The lowest BCUT2D eigenvalue weighted by Crippen LogP contribution is -2.35. The van der Waals surface area contributed by atoms with Crippen LogP contribution in [-0.4, -0.2) is 31.9 Å². The fraction of sp³-hybridized carbons (Fsp3) is 0.417. The minimum Gasteiger partial charge on any atom is -0.468 e. The average Bonchev–Trinajstić information content (AvgIpc) is 2.36. The fourth-order valence-corrected chi connectivity index (χ4v) is 2.34. The van der Waals surface area contributed by atoms with Gasteiger partial charge in [-0.25, -0.2) is 8.78 Å². The van der Waals surface area contributed by atoms with Crippen molar-refractivity contribution in [2.24, 2.45) is 0 Å². The summed E-state index contributed by atoms with van der Waals surface area (Å²) in [6.45, 7) is 0. The largest absolute Gasteiger partial charge is 0.468 e. The number of ether oxygens (including phenoxy) is 1. The van der Waals surface area contributed by atoms with Crippen molar-refractivity contribution in [2.45, 2.75) is 17.4 Å². The van der Waals surface area contributed by atoms with Gasteiger partial charge in [-0.3, -0.25) is 4.79 Å². The van der Waals surface area contributed by atoms with Crippen molar-refractivity contribution in [1.29, 1.82) is 0 Å². The van der Waals surface area contributed by atoms with Crippen LogP contribution in [0.15, 0.2) is 23.1 Å². The van der Waals surface area contributed by atoms with Crippen molar-refractivity contribution in [3.05, 3.63) is 29.8 Å². The molecule has 0 aliphatic heterocycles. The maximum absolute atomic E-state index is 13.3. The van der Waals surface area contributed by atoms with Crippen LogP contribution in [0.1, 0.15) is 6.42 Å². The van der Waals surface area contributed by atoms with Gasteiger partial charge in [0, 0.05) is 16.7 Å². The Morgan fingerprint density at radius 3 is 2.78 bits per heavy atom. The van der Waals surface area contributed by atoms with Gasteiger partial charge in [0.1, 0.15) is 17.7 Å². The van der Waals surface area contributed by atoms with Gasteiger partial charge in [0.15, 0.2) is 0 Å². The van der Waals surface area contributed by atoms with E-state index in [1.54, 1.807) is 7.05 Å². The Hall–Kier alpha value is -1.14. The molecule has 0 bridgehead atoms. The first-order valence-electron chi connectivity index (χ1n) is 5.41. The number of methoxy groups -OCH3 is 1. The van der Waals surface area contributed by atoms with Gasteiger partial charge in [0.2, 0.25) is 0 Å². The highest BCUT2D eigenvalue weighted by Crippen LogP contribution is 2.23. The number of esters is 1. The molecule has 0 aromatic heterocycles. The Balaban J connectivity index is 2.48. The molecule has 1 aromatic carbocycles. The third kappa shape index (κ3) is 4.27. The summed E-state index contributed by atoms with van der Waals surface area (Å²) in [7, 11) is 2.98. The minimum absolute atomic E-state index is 0.349. The van der Waals surface area contributed by atoms with Crippen molar-refractivity contribution < 1.29 is 18.3 Å². The standard InChI is InChI=1S/C12H15F2NO2S/c1-15-10(12(16)17-2)5-6-18-11-4-3-8(13)7-9(11)14/h3-4,7,10,15H,5-6H2,1-2H3. The first-order valence-corrected chi connectivity index (χ1v) is 6.40. The van der Waals surface area contributed by atoms with Crippen LogP contribution in [0.3, 0.4) is 0 Å². The molecule has 18 heavy (non-hydrogen) atoms. The van der Waals surface area contributed by atoms with E-state index in [9.17, 15) is 13.6 Å². The number of hydrogen-bond donors (Lipinski definition) is 1. The van der Waals surface area contributed by atoms with Gasteiger partial charge >= 0.3 is 5.97 Å². The third-order valence-electron chi connectivity index (χ3n) is 2.39. The van der Waals surface area contributed by atoms with Crippen LogP contribution in [0.5, 0.6) is 0 Å². The summed E-state index contributed by atoms with van der Waals surface area (Å²) >= 11 is 1.24. The molecule has 0 saturated carbocycles. The van der Waals surface area contributed by atoms with Gasteiger partial charge in [-0.1, -0.05) is 0 Å². The molecule has 0 aliphatic rings. The van der Waals surface area contributed by atoms with E-state index in [2.05, 4.69) is 10.1 Å². The first kappa shape index (κ1) is 14.9. The second-order valence-electron chi connectivity index (χ2n) is 3.58. The van der Waals surface area contributed by atoms with Gasteiger partial charge in [0.05, 0.1) is 7.11 Å². The molecule has 0 spiro atoms. The Kier molecular flexibility index (Phi) is 6.07. The summed E-state index contributed by atoms with van der Waals surface area (Å²) in [5.41, 5.74) is 0. The number of halogens is 2. The molecule has 3 nitrogen and oxygen atoms in total. The average molecular weight is 275 g/mol. The predicted octanol–water partition coefficient (Wildman–Crippen LogP) is 2.21. The Morgan fingerprint density at radius 2 is 2.22 bits per heavy atom. The van der Waals surface area contributed by atoms with Gasteiger partial charge in [-0.15, -0.1) is 11.8 Å². The molecule has 0 amide bonds. The van der Waals surface area contributed by atoms with E-state index in [1.165, 1.54) is 31.0 Å². The minimum atomic E-state index is -0.598. The number of carbonyl (C=O) groups excluding carboxylic acids is 1. The van der Waals surface area contributed by atoms with Crippen LogP contribution in [0.25, 0.3) is 0 Å². The molecule has 1 rings (SSSR count). The molecule has 0 radical (unpaired) electrons. The van der Waals surface area contributed by atoms with Crippen LogP contribution in [0.2, 0.25) is 0 Å². The fourth-order valence-electron chi connectivity index (χ4n) is 1.40. The molecule has 1 atom stereocenters. The topological polar surface area (TPSA) is 38.3 Å². The molecule has 0 aliphatic carbocycles. The highest BCUT2D eigenvalue weighted by Gasteiger charge is 2.16. The normalized spacial score (nSPS) is 12.2. The van der Waals surface area contributed by atoms with Gasteiger partial charge in [0.25, 0.3) is 0 Å². The smallest absolute Gasteiger partial charge is 0.322 e. The summed E-state index contributed by atoms with van der Waals surface area (Å²) in [5.74, 6) is -1.00. The van der Waals surface area contributed by atoms with E-state index in [-0.39, 0.29) is 5.97 Å². The SMILES string of the molecule is CNC(CCSc1ccc(F)cc1F)C(=O)OC. The van der Waals surface area contributed by atoms with Crippen molar-refractivity contribution >= 4 is 17.7 Å². The highest BCUT2D eigenvalue weighted by atomic mass is 32.2. The van der Waals surface area contributed by atoms with Crippen LogP contribution in [0.4, 0.5) is 8.78 Å². The molecule has 1 N–H and O–H groups in total. The molecule has 1 aromatic rings. The number of benzene rings is 1. The van der Waals surface area contributed by atoms with E-state index >= 15 is 0 Å². The molecule has 0 saturated heterocycles. The zero-order valence-electron chi connectivity index (χ0n) is 10.2. The van der Waals surface area contributed by atoms with Crippen LogP contribution in [-0.2, 0) is 9.53 Å². The Labute approximate surface area is 109 Å². The lowest BCUT2D eigenvalue weighted by Gasteiger charge is -2.13. The van der Waals surface area contributed by atoms with E-state index in [0.29, 0.717) is 17.1 Å². The number of likely N-dealkylation sites (N-methyl/N-ethyl adjacent to an activating group) is 1. The summed E-state index contributed by atoms with van der Waals surface area (Å²) in [6.07, 6.45) is 0.505. The quantitative estimate of drug-likeness (QED) is 0.638. The third-order valence-corrected chi connectivity index (χ3v) is 3.47. The van der Waals surface area contributed by atoms with Crippen LogP contribution in [0, 0.1) is 11.6 Å². The number of nitrogens with one attached hydrogen (secondary N) is 1. The van der Waals surface area contributed by atoms with E-state index in [4.69, 9.17) is 0 Å². The summed E-state index contributed by atoms with van der Waals surface area (Å²) in [5, 5.41) is 2.82. The number of hydrogen-bond acceptors (Lipinski definition) is 4. The van der Waals surface area contributed by atoms with Crippen LogP contribution >= 0.6 is 11.8 Å². The molecule has 0 heterocycles. The Morgan fingerprint density at radius 1 is 1.50 bits per heavy atom. The van der Waals surface area contributed by atoms with E-state index < -0.39 is 17.7 Å². The van der Waals surface area contributed by atoms with E-state index in [1.807, 2.05) is 0 Å². The predicted molar refractivity (Wildman–Crippen MR) is 66.6 cm³/mol. The molecular weight excluding hydrogens is 260 g/mol. The first-order chi connectivity index (χ1) is 8.58.